The smallest absolute Gasteiger partial charge is 0.306 e. The Balaban J connectivity index is 2.35. The molecule has 1 heterocycles. The van der Waals surface area contributed by atoms with Gasteiger partial charge in [0.25, 0.3) is 0 Å². The molecule has 0 aromatic carbocycles. The molecule has 14 heavy (non-hydrogen) atoms. The summed E-state index contributed by atoms with van der Waals surface area (Å²) in [5.41, 5.74) is 0. The first-order valence-electron chi connectivity index (χ1n) is 5.63. The van der Waals surface area contributed by atoms with Gasteiger partial charge in [0.05, 0.1) is 6.10 Å². The van der Waals surface area contributed by atoms with Crippen LogP contribution >= 0.6 is 0 Å². The van der Waals surface area contributed by atoms with E-state index in [0.29, 0.717) is 6.42 Å². The molecule has 80 valence electrons. The van der Waals surface area contributed by atoms with Gasteiger partial charge in [-0.1, -0.05) is 12.2 Å². The van der Waals surface area contributed by atoms with Crippen LogP contribution in [0.4, 0.5) is 0 Å². The standard InChI is InChI=1S/C12H20O2/c1-11-9-7-5-3-2-4-6-8-10-12(13)14-11/h2,4,11H,3,5-10H2,1H3/b4-2+. The second kappa shape index (κ2) is 6.63. The van der Waals surface area contributed by atoms with Crippen LogP contribution in [0.3, 0.4) is 0 Å². The van der Waals surface area contributed by atoms with Gasteiger partial charge in [-0.3, -0.25) is 4.79 Å². The maximum atomic E-state index is 11.3. The van der Waals surface area contributed by atoms with Crippen molar-refractivity contribution < 1.29 is 9.53 Å². The molecule has 1 rings (SSSR count). The lowest BCUT2D eigenvalue weighted by Gasteiger charge is -2.13. The quantitative estimate of drug-likeness (QED) is 0.439. The van der Waals surface area contributed by atoms with E-state index in [0.717, 1.165) is 25.7 Å². The summed E-state index contributed by atoms with van der Waals surface area (Å²) in [5.74, 6) is -0.0357. The summed E-state index contributed by atoms with van der Waals surface area (Å²) in [7, 11) is 0. The minimum atomic E-state index is -0.0357. The van der Waals surface area contributed by atoms with Crippen molar-refractivity contribution in [3.8, 4) is 0 Å². The number of carbonyl (C=O) groups excluding carboxylic acids is 1. The molecule has 0 spiro atoms. The van der Waals surface area contributed by atoms with Gasteiger partial charge < -0.3 is 4.74 Å². The van der Waals surface area contributed by atoms with Gasteiger partial charge in [-0.15, -0.1) is 0 Å². The lowest BCUT2D eigenvalue weighted by Crippen LogP contribution is -2.14. The van der Waals surface area contributed by atoms with Crippen molar-refractivity contribution in [2.45, 2.75) is 58.0 Å². The fourth-order valence-corrected chi connectivity index (χ4v) is 1.64. The maximum absolute atomic E-state index is 11.3. The SMILES string of the molecule is CC1CCCC/C=C/CCCC(=O)O1. The Labute approximate surface area is 86.3 Å². The van der Waals surface area contributed by atoms with Gasteiger partial charge in [0, 0.05) is 6.42 Å². The Morgan fingerprint density at radius 1 is 1.21 bits per heavy atom. The van der Waals surface area contributed by atoms with E-state index >= 15 is 0 Å². The van der Waals surface area contributed by atoms with Crippen molar-refractivity contribution in [2.24, 2.45) is 0 Å². The third kappa shape index (κ3) is 5.05. The molecule has 0 fully saturated rings. The van der Waals surface area contributed by atoms with E-state index in [-0.39, 0.29) is 12.1 Å². The lowest BCUT2D eigenvalue weighted by atomic mass is 10.1. The zero-order valence-electron chi connectivity index (χ0n) is 9.00. The van der Waals surface area contributed by atoms with Crippen molar-refractivity contribution in [2.75, 3.05) is 0 Å². The largest absolute Gasteiger partial charge is 0.463 e. The molecule has 0 amide bonds. The highest BCUT2D eigenvalue weighted by Crippen LogP contribution is 2.10. The Bertz CT molecular complexity index is 196. The molecule has 2 heteroatoms. The fourth-order valence-electron chi connectivity index (χ4n) is 1.64. The van der Waals surface area contributed by atoms with E-state index in [9.17, 15) is 4.79 Å². The van der Waals surface area contributed by atoms with E-state index < -0.39 is 0 Å². The summed E-state index contributed by atoms with van der Waals surface area (Å²) >= 11 is 0. The summed E-state index contributed by atoms with van der Waals surface area (Å²) in [6.07, 6.45) is 11.5. The van der Waals surface area contributed by atoms with E-state index in [1.807, 2.05) is 6.92 Å². The van der Waals surface area contributed by atoms with Gasteiger partial charge >= 0.3 is 5.97 Å². The molecule has 0 aromatic heterocycles. The molecular formula is C12H20O2. The van der Waals surface area contributed by atoms with Crippen LogP contribution in [0.5, 0.6) is 0 Å². The second-order valence-corrected chi connectivity index (χ2v) is 3.95. The van der Waals surface area contributed by atoms with Gasteiger partial charge in [0.15, 0.2) is 0 Å². The molecule has 0 bridgehead atoms. The number of allylic oxidation sites excluding steroid dienone is 2. The zero-order valence-corrected chi connectivity index (χ0v) is 9.00. The first-order chi connectivity index (χ1) is 6.79. The third-order valence-corrected chi connectivity index (χ3v) is 2.48. The minimum absolute atomic E-state index is 0.0357. The summed E-state index contributed by atoms with van der Waals surface area (Å²) in [4.78, 5) is 11.3. The van der Waals surface area contributed by atoms with Crippen LogP contribution in [0.2, 0.25) is 0 Å². The van der Waals surface area contributed by atoms with Gasteiger partial charge in [-0.2, -0.15) is 0 Å². The lowest BCUT2D eigenvalue weighted by molar-refractivity contribution is -0.148. The summed E-state index contributed by atoms with van der Waals surface area (Å²) < 4.78 is 5.26. The average molecular weight is 196 g/mol. The Morgan fingerprint density at radius 3 is 2.71 bits per heavy atom. The number of cyclic esters (lactones) is 1. The monoisotopic (exact) mass is 196 g/mol. The molecule has 1 aliphatic heterocycles. The van der Waals surface area contributed by atoms with Crippen LogP contribution < -0.4 is 0 Å². The van der Waals surface area contributed by atoms with Crippen LogP contribution in [-0.2, 0) is 9.53 Å². The van der Waals surface area contributed by atoms with E-state index in [4.69, 9.17) is 4.74 Å². The molecule has 0 saturated heterocycles. The molecule has 0 aliphatic carbocycles. The highest BCUT2D eigenvalue weighted by Gasteiger charge is 2.08. The number of ether oxygens (including phenoxy) is 1. The molecule has 1 unspecified atom stereocenters. The summed E-state index contributed by atoms with van der Waals surface area (Å²) in [6.45, 7) is 1.99. The molecule has 0 saturated carbocycles. The van der Waals surface area contributed by atoms with Crippen molar-refractivity contribution >= 4 is 5.97 Å². The fraction of sp³-hybridized carbons (Fsp3) is 0.750. The average Bonchev–Trinajstić information content (AvgIpc) is 2.13. The topological polar surface area (TPSA) is 26.3 Å². The van der Waals surface area contributed by atoms with Crippen molar-refractivity contribution in [1.82, 2.24) is 0 Å². The van der Waals surface area contributed by atoms with Crippen molar-refractivity contribution in [3.05, 3.63) is 12.2 Å². The molecule has 2 nitrogen and oxygen atoms in total. The maximum Gasteiger partial charge on any atom is 0.306 e. The molecule has 1 atom stereocenters. The van der Waals surface area contributed by atoms with Crippen LogP contribution in [0.1, 0.15) is 51.9 Å². The number of esters is 1. The van der Waals surface area contributed by atoms with Crippen LogP contribution in [0.25, 0.3) is 0 Å². The van der Waals surface area contributed by atoms with E-state index in [1.165, 1.54) is 12.8 Å². The summed E-state index contributed by atoms with van der Waals surface area (Å²) in [5, 5.41) is 0. The first kappa shape index (κ1) is 11.3. The van der Waals surface area contributed by atoms with E-state index in [1.54, 1.807) is 0 Å². The van der Waals surface area contributed by atoms with Gasteiger partial charge in [0.2, 0.25) is 0 Å². The van der Waals surface area contributed by atoms with Crippen LogP contribution in [0.15, 0.2) is 12.2 Å². The predicted molar refractivity (Wildman–Crippen MR) is 57.0 cm³/mol. The van der Waals surface area contributed by atoms with E-state index in [2.05, 4.69) is 12.2 Å². The third-order valence-electron chi connectivity index (χ3n) is 2.48. The van der Waals surface area contributed by atoms with Crippen molar-refractivity contribution in [1.29, 1.82) is 0 Å². The molecular weight excluding hydrogens is 176 g/mol. The van der Waals surface area contributed by atoms with Crippen LogP contribution in [-0.4, -0.2) is 12.1 Å². The minimum Gasteiger partial charge on any atom is -0.463 e. The number of rotatable bonds is 0. The number of hydrogen-bond donors (Lipinski definition) is 0. The Morgan fingerprint density at radius 2 is 1.93 bits per heavy atom. The number of hydrogen-bond acceptors (Lipinski definition) is 2. The zero-order chi connectivity index (χ0) is 10.2. The van der Waals surface area contributed by atoms with Gasteiger partial charge in [-0.05, 0) is 45.4 Å². The van der Waals surface area contributed by atoms with Crippen LogP contribution in [0, 0.1) is 0 Å². The summed E-state index contributed by atoms with van der Waals surface area (Å²) in [6, 6.07) is 0. The second-order valence-electron chi connectivity index (χ2n) is 3.95. The molecule has 1 aliphatic rings. The molecule has 0 aromatic rings. The predicted octanol–water partition coefficient (Wildman–Crippen LogP) is 3.22. The van der Waals surface area contributed by atoms with Crippen molar-refractivity contribution in [3.63, 3.8) is 0 Å². The highest BCUT2D eigenvalue weighted by molar-refractivity contribution is 5.69. The Hall–Kier alpha value is -0.790. The van der Waals surface area contributed by atoms with Gasteiger partial charge in [0.1, 0.15) is 0 Å². The normalized spacial score (nSPS) is 28.4. The highest BCUT2D eigenvalue weighted by atomic mass is 16.5. The first-order valence-corrected chi connectivity index (χ1v) is 5.63. The molecule has 0 N–H and O–H groups in total. The molecule has 0 radical (unpaired) electrons. The van der Waals surface area contributed by atoms with Gasteiger partial charge in [-0.25, -0.2) is 0 Å². The Kier molecular flexibility index (Phi) is 5.35. The number of carbonyl (C=O) groups is 1.